The van der Waals surface area contributed by atoms with E-state index >= 15 is 0 Å². The molecule has 0 aliphatic heterocycles. The van der Waals surface area contributed by atoms with E-state index < -0.39 is 0 Å². The zero-order chi connectivity index (χ0) is 9.14. The molecule has 0 unspecified atom stereocenters. The second-order valence-corrected chi connectivity index (χ2v) is 2.95. The summed E-state index contributed by atoms with van der Waals surface area (Å²) in [5.41, 5.74) is 3.44. The Morgan fingerprint density at radius 1 is 1.50 bits per heavy atom. The van der Waals surface area contributed by atoms with Crippen LogP contribution < -0.4 is 0 Å². The molecule has 0 amide bonds. The molecule has 0 aliphatic carbocycles. The summed E-state index contributed by atoms with van der Waals surface area (Å²) in [5, 5.41) is 0. The lowest BCUT2D eigenvalue weighted by Crippen LogP contribution is -1.81. The van der Waals surface area contributed by atoms with Crippen LogP contribution >= 0.6 is 0 Å². The molecule has 1 heterocycles. The van der Waals surface area contributed by atoms with E-state index in [0.717, 1.165) is 5.69 Å². The summed E-state index contributed by atoms with van der Waals surface area (Å²) in [7, 11) is 0. The molecule has 2 heteroatoms. The van der Waals surface area contributed by atoms with Crippen LogP contribution in [0.15, 0.2) is 12.3 Å². The van der Waals surface area contributed by atoms with Crippen LogP contribution in [0.1, 0.15) is 23.7 Å². The number of allylic oxidation sites excluding steroid dienone is 1. The Bertz CT molecular complexity index is 321. The summed E-state index contributed by atoms with van der Waals surface area (Å²) in [4.78, 5) is 13.7. The number of ketones is 1. The highest BCUT2D eigenvalue weighted by Crippen LogP contribution is 2.12. The first kappa shape index (κ1) is 8.78. The molecule has 0 bridgehead atoms. The molecule has 0 aromatic carbocycles. The van der Waals surface area contributed by atoms with Gasteiger partial charge in [0.1, 0.15) is 0 Å². The average Bonchev–Trinajstić information content (AvgIpc) is 2.30. The summed E-state index contributed by atoms with van der Waals surface area (Å²) >= 11 is 0. The minimum atomic E-state index is 0.0710. The predicted octanol–water partition coefficient (Wildman–Crippen LogP) is 2.23. The highest BCUT2D eigenvalue weighted by molar-refractivity contribution is 5.91. The molecule has 64 valence electrons. The monoisotopic (exact) mass is 163 g/mol. The summed E-state index contributed by atoms with van der Waals surface area (Å²) in [6, 6.07) is 0. The maximum atomic E-state index is 10.6. The van der Waals surface area contributed by atoms with Gasteiger partial charge in [0, 0.05) is 11.9 Å². The largest absolute Gasteiger partial charge is 0.361 e. The zero-order valence-electron chi connectivity index (χ0n) is 7.64. The molecule has 0 spiro atoms. The first-order chi connectivity index (χ1) is 5.61. The van der Waals surface area contributed by atoms with Gasteiger partial charge in [-0.1, -0.05) is 0 Å². The van der Waals surface area contributed by atoms with Crippen molar-refractivity contribution in [1.82, 2.24) is 4.98 Å². The Morgan fingerprint density at radius 2 is 2.17 bits per heavy atom. The van der Waals surface area contributed by atoms with Crippen molar-refractivity contribution in [1.29, 1.82) is 0 Å². The van der Waals surface area contributed by atoms with E-state index in [1.807, 2.05) is 26.1 Å². The van der Waals surface area contributed by atoms with Crippen LogP contribution in [0, 0.1) is 13.8 Å². The van der Waals surface area contributed by atoms with Crippen molar-refractivity contribution in [2.45, 2.75) is 20.8 Å². The third-order valence-corrected chi connectivity index (χ3v) is 1.92. The molecule has 1 rings (SSSR count). The van der Waals surface area contributed by atoms with Crippen LogP contribution in [0.3, 0.4) is 0 Å². The molecule has 1 aromatic rings. The van der Waals surface area contributed by atoms with E-state index in [2.05, 4.69) is 4.98 Å². The molecule has 0 atom stereocenters. The van der Waals surface area contributed by atoms with E-state index in [0.29, 0.717) is 0 Å². The summed E-state index contributed by atoms with van der Waals surface area (Å²) in [5.74, 6) is 0.0710. The highest BCUT2D eigenvalue weighted by Gasteiger charge is 1.98. The fourth-order valence-corrected chi connectivity index (χ4v) is 0.989. The van der Waals surface area contributed by atoms with E-state index in [9.17, 15) is 4.79 Å². The van der Waals surface area contributed by atoms with Gasteiger partial charge in [-0.15, -0.1) is 0 Å². The van der Waals surface area contributed by atoms with Gasteiger partial charge in [-0.05, 0) is 44.1 Å². The van der Waals surface area contributed by atoms with E-state index in [4.69, 9.17) is 0 Å². The van der Waals surface area contributed by atoms with E-state index in [1.165, 1.54) is 11.1 Å². The molecule has 0 saturated carbocycles. The summed E-state index contributed by atoms with van der Waals surface area (Å²) < 4.78 is 0. The number of carbonyl (C=O) groups is 1. The van der Waals surface area contributed by atoms with Crippen molar-refractivity contribution in [3.63, 3.8) is 0 Å². The van der Waals surface area contributed by atoms with Crippen molar-refractivity contribution in [3.05, 3.63) is 29.1 Å². The fraction of sp³-hybridized carbons (Fsp3) is 0.300. The van der Waals surface area contributed by atoms with Crippen molar-refractivity contribution >= 4 is 11.9 Å². The Kier molecular flexibility index (Phi) is 2.48. The van der Waals surface area contributed by atoms with Gasteiger partial charge in [0.2, 0.25) is 0 Å². The molecular weight excluding hydrogens is 150 g/mol. The molecular formula is C10H13NO. The standard InChI is InChI=1S/C10H13NO/c1-7-6-11-10(9(7)3)5-4-8(2)12/h4-6,11H,1-3H3/b5-4+. The van der Waals surface area contributed by atoms with Crippen LogP contribution in [0.25, 0.3) is 6.08 Å². The van der Waals surface area contributed by atoms with Gasteiger partial charge in [0.05, 0.1) is 0 Å². The predicted molar refractivity (Wildman–Crippen MR) is 50.0 cm³/mol. The van der Waals surface area contributed by atoms with Gasteiger partial charge in [-0.2, -0.15) is 0 Å². The maximum Gasteiger partial charge on any atom is 0.152 e. The van der Waals surface area contributed by atoms with Crippen molar-refractivity contribution < 1.29 is 4.79 Å². The quantitative estimate of drug-likeness (QED) is 0.666. The smallest absolute Gasteiger partial charge is 0.152 e. The first-order valence-electron chi connectivity index (χ1n) is 3.94. The maximum absolute atomic E-state index is 10.6. The number of aromatic nitrogens is 1. The highest BCUT2D eigenvalue weighted by atomic mass is 16.1. The second kappa shape index (κ2) is 3.39. The number of hydrogen-bond donors (Lipinski definition) is 1. The number of aromatic amines is 1. The minimum absolute atomic E-state index is 0.0710. The number of hydrogen-bond acceptors (Lipinski definition) is 1. The Hall–Kier alpha value is -1.31. The van der Waals surface area contributed by atoms with Crippen molar-refractivity contribution in [2.24, 2.45) is 0 Å². The van der Waals surface area contributed by atoms with Gasteiger partial charge in [-0.25, -0.2) is 0 Å². The van der Waals surface area contributed by atoms with Gasteiger partial charge < -0.3 is 4.98 Å². The Morgan fingerprint density at radius 3 is 2.58 bits per heavy atom. The van der Waals surface area contributed by atoms with Crippen LogP contribution in [0.5, 0.6) is 0 Å². The number of nitrogens with one attached hydrogen (secondary N) is 1. The van der Waals surface area contributed by atoms with Crippen LogP contribution in [0.4, 0.5) is 0 Å². The normalized spacial score (nSPS) is 10.9. The molecule has 0 saturated heterocycles. The minimum Gasteiger partial charge on any atom is -0.361 e. The zero-order valence-corrected chi connectivity index (χ0v) is 7.64. The topological polar surface area (TPSA) is 32.9 Å². The lowest BCUT2D eigenvalue weighted by atomic mass is 10.2. The van der Waals surface area contributed by atoms with E-state index in [-0.39, 0.29) is 5.78 Å². The van der Waals surface area contributed by atoms with Crippen LogP contribution in [-0.4, -0.2) is 10.8 Å². The number of rotatable bonds is 2. The molecule has 0 radical (unpaired) electrons. The SMILES string of the molecule is CC(=O)/C=C/c1[nH]cc(C)c1C. The summed E-state index contributed by atoms with van der Waals surface area (Å²) in [6.07, 6.45) is 5.32. The van der Waals surface area contributed by atoms with E-state index in [1.54, 1.807) is 13.0 Å². The van der Waals surface area contributed by atoms with Crippen molar-refractivity contribution in [3.8, 4) is 0 Å². The molecule has 0 fully saturated rings. The average molecular weight is 163 g/mol. The van der Waals surface area contributed by atoms with Gasteiger partial charge in [-0.3, -0.25) is 4.79 Å². The summed E-state index contributed by atoms with van der Waals surface area (Å²) in [6.45, 7) is 5.62. The fourth-order valence-electron chi connectivity index (χ4n) is 0.989. The molecule has 1 N–H and O–H groups in total. The molecule has 0 aliphatic rings. The lowest BCUT2D eigenvalue weighted by Gasteiger charge is -1.90. The van der Waals surface area contributed by atoms with Crippen LogP contribution in [0.2, 0.25) is 0 Å². The number of aryl methyl sites for hydroxylation is 1. The molecule has 1 aromatic heterocycles. The number of carbonyl (C=O) groups excluding carboxylic acids is 1. The first-order valence-corrected chi connectivity index (χ1v) is 3.94. The number of H-pyrrole nitrogens is 1. The molecule has 2 nitrogen and oxygen atoms in total. The van der Waals surface area contributed by atoms with Crippen LogP contribution in [-0.2, 0) is 4.79 Å². The lowest BCUT2D eigenvalue weighted by molar-refractivity contribution is -0.112. The van der Waals surface area contributed by atoms with Gasteiger partial charge in [0.25, 0.3) is 0 Å². The Balaban J connectivity index is 2.90. The molecule has 12 heavy (non-hydrogen) atoms. The van der Waals surface area contributed by atoms with Gasteiger partial charge in [0.15, 0.2) is 5.78 Å². The second-order valence-electron chi connectivity index (χ2n) is 2.95. The van der Waals surface area contributed by atoms with Crippen molar-refractivity contribution in [2.75, 3.05) is 0 Å². The third kappa shape index (κ3) is 1.84. The Labute approximate surface area is 72.3 Å². The third-order valence-electron chi connectivity index (χ3n) is 1.92. The van der Waals surface area contributed by atoms with Gasteiger partial charge >= 0.3 is 0 Å².